The zero-order valence-electron chi connectivity index (χ0n) is 12.7. The summed E-state index contributed by atoms with van der Waals surface area (Å²) in [5.41, 5.74) is 3.16. The predicted octanol–water partition coefficient (Wildman–Crippen LogP) is 3.08. The monoisotopic (exact) mass is 296 g/mol. The maximum Gasteiger partial charge on any atom is 0.337 e. The molecule has 3 rings (SSSR count). The fraction of sp³-hybridized carbons (Fsp3) is 0.333. The molecule has 1 saturated heterocycles. The topological polar surface area (TPSA) is 51.2 Å². The van der Waals surface area contributed by atoms with Gasteiger partial charge in [0.1, 0.15) is 0 Å². The van der Waals surface area contributed by atoms with Crippen LogP contribution in [0.3, 0.4) is 0 Å². The van der Waals surface area contributed by atoms with Crippen LogP contribution in [0.25, 0.3) is 0 Å². The Labute approximate surface area is 130 Å². The average molecular weight is 296 g/mol. The van der Waals surface area contributed by atoms with Crippen molar-refractivity contribution in [3.8, 4) is 0 Å². The minimum absolute atomic E-state index is 0.294. The fourth-order valence-electron chi connectivity index (χ4n) is 3.08. The normalized spacial score (nSPS) is 21.3. The number of hydrogen-bond acceptors (Lipinski definition) is 4. The Kier molecular flexibility index (Phi) is 4.49. The lowest BCUT2D eigenvalue weighted by Gasteiger charge is -2.31. The molecule has 0 spiro atoms. The first-order valence-electron chi connectivity index (χ1n) is 7.59. The fourth-order valence-corrected chi connectivity index (χ4v) is 3.08. The molecule has 4 heteroatoms. The summed E-state index contributed by atoms with van der Waals surface area (Å²) in [5, 5.41) is 3.57. The summed E-state index contributed by atoms with van der Waals surface area (Å²) in [5.74, 6) is 0.257. The van der Waals surface area contributed by atoms with Crippen molar-refractivity contribution in [3.05, 3.63) is 65.5 Å². The van der Waals surface area contributed by atoms with Crippen molar-refractivity contribution < 1.29 is 9.53 Å². The Morgan fingerprint density at radius 2 is 1.86 bits per heavy atom. The predicted molar refractivity (Wildman–Crippen MR) is 84.7 cm³/mol. The lowest BCUT2D eigenvalue weighted by molar-refractivity contribution is 0.0600. The van der Waals surface area contributed by atoms with E-state index in [1.165, 1.54) is 18.2 Å². The van der Waals surface area contributed by atoms with Crippen molar-refractivity contribution in [3.63, 3.8) is 0 Å². The summed E-state index contributed by atoms with van der Waals surface area (Å²) in [6, 6.07) is 12.2. The van der Waals surface area contributed by atoms with Crippen molar-refractivity contribution in [1.29, 1.82) is 0 Å². The second-order valence-corrected chi connectivity index (χ2v) is 5.62. The number of esters is 1. The molecule has 0 radical (unpaired) electrons. The third-order valence-electron chi connectivity index (χ3n) is 4.32. The Hall–Kier alpha value is -2.20. The Balaban J connectivity index is 1.73. The standard InChI is InChI=1S/C18H20N2O2/c1-22-18(21)15-4-2-14(3-5-15)17-12-16(8-11-20-17)13-6-9-19-10-7-13/h2-7,9-10,16-17,20H,8,11-12H2,1H3. The number of hydrogen-bond donors (Lipinski definition) is 1. The lowest BCUT2D eigenvalue weighted by Crippen LogP contribution is -2.30. The summed E-state index contributed by atoms with van der Waals surface area (Å²) < 4.78 is 4.74. The van der Waals surface area contributed by atoms with Crippen LogP contribution in [0.15, 0.2) is 48.8 Å². The molecular weight excluding hydrogens is 276 g/mol. The van der Waals surface area contributed by atoms with Crippen LogP contribution in [0.4, 0.5) is 0 Å². The molecule has 2 atom stereocenters. The summed E-state index contributed by atoms with van der Waals surface area (Å²) in [6.07, 6.45) is 5.91. The number of carbonyl (C=O) groups is 1. The van der Waals surface area contributed by atoms with E-state index in [9.17, 15) is 4.79 Å². The number of methoxy groups -OCH3 is 1. The number of nitrogens with one attached hydrogen (secondary N) is 1. The van der Waals surface area contributed by atoms with Gasteiger partial charge < -0.3 is 10.1 Å². The van der Waals surface area contributed by atoms with Crippen LogP contribution >= 0.6 is 0 Å². The molecule has 2 heterocycles. The van der Waals surface area contributed by atoms with E-state index in [0.717, 1.165) is 19.4 Å². The number of ether oxygens (including phenoxy) is 1. The summed E-state index contributed by atoms with van der Waals surface area (Å²) >= 11 is 0. The highest BCUT2D eigenvalue weighted by Crippen LogP contribution is 2.33. The molecular formula is C18H20N2O2. The van der Waals surface area contributed by atoms with Gasteiger partial charge in [-0.25, -0.2) is 4.79 Å². The number of nitrogens with zero attached hydrogens (tertiary/aromatic N) is 1. The van der Waals surface area contributed by atoms with Crippen LogP contribution in [0.5, 0.6) is 0 Å². The zero-order valence-corrected chi connectivity index (χ0v) is 12.7. The molecule has 2 unspecified atom stereocenters. The van der Waals surface area contributed by atoms with Crippen LogP contribution in [0, 0.1) is 0 Å². The molecule has 0 saturated carbocycles. The molecule has 1 N–H and O–H groups in total. The van der Waals surface area contributed by atoms with Gasteiger partial charge in [0.2, 0.25) is 0 Å². The maximum atomic E-state index is 11.5. The van der Waals surface area contributed by atoms with Gasteiger partial charge in [0.05, 0.1) is 12.7 Å². The van der Waals surface area contributed by atoms with Crippen LogP contribution in [0.1, 0.15) is 46.3 Å². The first kappa shape index (κ1) is 14.7. The van der Waals surface area contributed by atoms with Crippen molar-refractivity contribution >= 4 is 5.97 Å². The first-order chi connectivity index (χ1) is 10.8. The number of rotatable bonds is 3. The molecule has 1 fully saturated rings. The summed E-state index contributed by atoms with van der Waals surface area (Å²) in [7, 11) is 1.40. The molecule has 0 amide bonds. The van der Waals surface area contributed by atoms with Crippen molar-refractivity contribution in [2.24, 2.45) is 0 Å². The summed E-state index contributed by atoms with van der Waals surface area (Å²) in [4.78, 5) is 15.6. The van der Waals surface area contributed by atoms with Crippen LogP contribution < -0.4 is 5.32 Å². The molecule has 2 aromatic rings. The van der Waals surface area contributed by atoms with E-state index in [4.69, 9.17) is 4.74 Å². The zero-order chi connectivity index (χ0) is 15.4. The molecule has 22 heavy (non-hydrogen) atoms. The second-order valence-electron chi connectivity index (χ2n) is 5.62. The molecule has 1 aromatic carbocycles. The van der Waals surface area contributed by atoms with E-state index in [2.05, 4.69) is 22.4 Å². The summed E-state index contributed by atoms with van der Waals surface area (Å²) in [6.45, 7) is 0.996. The number of piperidine rings is 1. The molecule has 1 aliphatic rings. The quantitative estimate of drug-likeness (QED) is 0.884. The average Bonchev–Trinajstić information content (AvgIpc) is 2.62. The highest BCUT2D eigenvalue weighted by atomic mass is 16.5. The maximum absolute atomic E-state index is 11.5. The van der Waals surface area contributed by atoms with E-state index in [1.54, 1.807) is 0 Å². The molecule has 1 aromatic heterocycles. The molecule has 0 bridgehead atoms. The Morgan fingerprint density at radius 1 is 1.14 bits per heavy atom. The van der Waals surface area contributed by atoms with Gasteiger partial charge in [-0.1, -0.05) is 12.1 Å². The number of pyridine rings is 1. The largest absolute Gasteiger partial charge is 0.465 e. The van der Waals surface area contributed by atoms with Gasteiger partial charge in [0.15, 0.2) is 0 Å². The van der Waals surface area contributed by atoms with Gasteiger partial charge in [-0.2, -0.15) is 0 Å². The van der Waals surface area contributed by atoms with Gasteiger partial charge >= 0.3 is 5.97 Å². The Bertz CT molecular complexity index is 625. The third kappa shape index (κ3) is 3.17. The van der Waals surface area contributed by atoms with E-state index < -0.39 is 0 Å². The van der Waals surface area contributed by atoms with Crippen molar-refractivity contribution in [1.82, 2.24) is 10.3 Å². The first-order valence-corrected chi connectivity index (χ1v) is 7.59. The molecule has 4 nitrogen and oxygen atoms in total. The van der Waals surface area contributed by atoms with Crippen LogP contribution in [-0.2, 0) is 4.74 Å². The SMILES string of the molecule is COC(=O)c1ccc(C2CC(c3ccncc3)CCN2)cc1. The van der Waals surface area contributed by atoms with Gasteiger partial charge in [0, 0.05) is 18.4 Å². The van der Waals surface area contributed by atoms with E-state index in [1.807, 2.05) is 36.7 Å². The highest BCUT2D eigenvalue weighted by Gasteiger charge is 2.24. The smallest absolute Gasteiger partial charge is 0.337 e. The Morgan fingerprint density at radius 3 is 2.55 bits per heavy atom. The molecule has 1 aliphatic heterocycles. The minimum atomic E-state index is -0.294. The number of carbonyl (C=O) groups excluding carboxylic acids is 1. The highest BCUT2D eigenvalue weighted by molar-refractivity contribution is 5.89. The van der Waals surface area contributed by atoms with Crippen molar-refractivity contribution in [2.75, 3.05) is 13.7 Å². The van der Waals surface area contributed by atoms with Crippen LogP contribution in [0.2, 0.25) is 0 Å². The van der Waals surface area contributed by atoms with Gasteiger partial charge in [0.25, 0.3) is 0 Å². The van der Waals surface area contributed by atoms with E-state index in [0.29, 0.717) is 17.5 Å². The van der Waals surface area contributed by atoms with Gasteiger partial charge in [-0.05, 0) is 60.7 Å². The van der Waals surface area contributed by atoms with Crippen LogP contribution in [-0.4, -0.2) is 24.6 Å². The lowest BCUT2D eigenvalue weighted by atomic mass is 9.84. The third-order valence-corrected chi connectivity index (χ3v) is 4.32. The number of benzene rings is 1. The number of aromatic nitrogens is 1. The minimum Gasteiger partial charge on any atom is -0.465 e. The van der Waals surface area contributed by atoms with Crippen molar-refractivity contribution in [2.45, 2.75) is 24.8 Å². The van der Waals surface area contributed by atoms with E-state index >= 15 is 0 Å². The van der Waals surface area contributed by atoms with Gasteiger partial charge in [-0.3, -0.25) is 4.98 Å². The second kappa shape index (κ2) is 6.71. The van der Waals surface area contributed by atoms with Gasteiger partial charge in [-0.15, -0.1) is 0 Å². The molecule has 114 valence electrons. The van der Waals surface area contributed by atoms with E-state index in [-0.39, 0.29) is 5.97 Å². The molecule has 0 aliphatic carbocycles.